The maximum atomic E-state index is 6.46. The summed E-state index contributed by atoms with van der Waals surface area (Å²) in [4.78, 5) is 0. The first-order chi connectivity index (χ1) is 9.12. The molecule has 0 aromatic carbocycles. The average Bonchev–Trinajstić information content (AvgIpc) is 3.22. The molecule has 1 aromatic rings. The van der Waals surface area contributed by atoms with Crippen molar-refractivity contribution in [3.63, 3.8) is 0 Å². The molecule has 1 aromatic heterocycles. The fourth-order valence-electron chi connectivity index (χ4n) is 2.77. The van der Waals surface area contributed by atoms with Gasteiger partial charge in [0.2, 0.25) is 0 Å². The third-order valence-electron chi connectivity index (χ3n) is 4.32. The number of hydrogen-bond acceptors (Lipinski definition) is 3. The monoisotopic (exact) mass is 284 g/mol. The summed E-state index contributed by atoms with van der Waals surface area (Å²) >= 11 is 6.46. The topological polar surface area (TPSA) is 55.9 Å². The Hall–Kier alpha value is -0.580. The smallest absolute Gasteiger partial charge is 0.0850 e. The second kappa shape index (κ2) is 6.25. The number of nitrogens with one attached hydrogen (secondary N) is 1. The van der Waals surface area contributed by atoms with Gasteiger partial charge in [-0.05, 0) is 38.0 Å². The van der Waals surface area contributed by atoms with E-state index in [1.54, 1.807) is 0 Å². The third kappa shape index (κ3) is 3.12. The standard InChI is InChI=1S/C14H25ClN4/c1-4-11-14(15)13(19(5-2)18-11)8-12(17-16)9(3)10-6-7-10/h9-10,12,17H,4-8,16H2,1-3H3. The number of nitrogens with zero attached hydrogens (tertiary/aromatic N) is 2. The molecule has 4 nitrogen and oxygen atoms in total. The van der Waals surface area contributed by atoms with Gasteiger partial charge in [0.05, 0.1) is 16.4 Å². The maximum absolute atomic E-state index is 6.46. The van der Waals surface area contributed by atoms with Crippen molar-refractivity contribution in [1.82, 2.24) is 15.2 Å². The molecule has 1 aliphatic carbocycles. The molecule has 2 atom stereocenters. The molecule has 1 fully saturated rings. The van der Waals surface area contributed by atoms with E-state index in [1.807, 2.05) is 4.68 Å². The van der Waals surface area contributed by atoms with E-state index in [2.05, 4.69) is 31.3 Å². The van der Waals surface area contributed by atoms with Crippen LogP contribution in [0.25, 0.3) is 0 Å². The van der Waals surface area contributed by atoms with Crippen molar-refractivity contribution in [1.29, 1.82) is 0 Å². The molecular formula is C14H25ClN4. The van der Waals surface area contributed by atoms with Gasteiger partial charge in [0.15, 0.2) is 0 Å². The van der Waals surface area contributed by atoms with E-state index < -0.39 is 0 Å². The van der Waals surface area contributed by atoms with Crippen LogP contribution in [0.2, 0.25) is 5.02 Å². The summed E-state index contributed by atoms with van der Waals surface area (Å²) in [7, 11) is 0. The first-order valence-corrected chi connectivity index (χ1v) is 7.70. The molecule has 2 rings (SSSR count). The van der Waals surface area contributed by atoms with Crippen LogP contribution >= 0.6 is 11.6 Å². The minimum Gasteiger partial charge on any atom is -0.271 e. The largest absolute Gasteiger partial charge is 0.271 e. The minimum absolute atomic E-state index is 0.275. The Morgan fingerprint density at radius 1 is 1.47 bits per heavy atom. The lowest BCUT2D eigenvalue weighted by molar-refractivity contribution is 0.337. The molecule has 0 amide bonds. The molecular weight excluding hydrogens is 260 g/mol. The maximum Gasteiger partial charge on any atom is 0.0850 e. The zero-order valence-electron chi connectivity index (χ0n) is 12.1. The summed E-state index contributed by atoms with van der Waals surface area (Å²) in [6, 6.07) is 0.275. The van der Waals surface area contributed by atoms with Crippen molar-refractivity contribution < 1.29 is 0 Å². The predicted molar refractivity (Wildman–Crippen MR) is 79.0 cm³/mol. The van der Waals surface area contributed by atoms with Gasteiger partial charge in [-0.3, -0.25) is 16.0 Å². The molecule has 0 bridgehead atoms. The third-order valence-corrected chi connectivity index (χ3v) is 4.76. The Morgan fingerprint density at radius 2 is 2.16 bits per heavy atom. The lowest BCUT2D eigenvalue weighted by Crippen LogP contribution is -2.42. The molecule has 0 spiro atoms. The molecule has 0 saturated heterocycles. The van der Waals surface area contributed by atoms with E-state index in [0.29, 0.717) is 5.92 Å². The second-order valence-corrected chi connectivity index (χ2v) is 5.93. The molecule has 1 aliphatic rings. The normalized spacial score (nSPS) is 18.6. The first-order valence-electron chi connectivity index (χ1n) is 7.32. The van der Waals surface area contributed by atoms with Crippen LogP contribution in [0, 0.1) is 11.8 Å². The number of rotatable bonds is 7. The molecule has 0 aliphatic heterocycles. The minimum atomic E-state index is 0.275. The molecule has 1 saturated carbocycles. The van der Waals surface area contributed by atoms with E-state index in [4.69, 9.17) is 17.4 Å². The lowest BCUT2D eigenvalue weighted by Gasteiger charge is -2.23. The predicted octanol–water partition coefficient (Wildman–Crippen LogP) is 2.54. The Morgan fingerprint density at radius 3 is 2.63 bits per heavy atom. The zero-order valence-corrected chi connectivity index (χ0v) is 12.9. The molecule has 1 heterocycles. The van der Waals surface area contributed by atoms with Gasteiger partial charge in [-0.15, -0.1) is 0 Å². The van der Waals surface area contributed by atoms with Crippen LogP contribution in [0.3, 0.4) is 0 Å². The van der Waals surface area contributed by atoms with Gasteiger partial charge in [0, 0.05) is 19.0 Å². The van der Waals surface area contributed by atoms with Gasteiger partial charge in [-0.1, -0.05) is 25.4 Å². The van der Waals surface area contributed by atoms with E-state index in [-0.39, 0.29) is 6.04 Å². The number of nitrogens with two attached hydrogens (primary N) is 1. The fourth-order valence-corrected chi connectivity index (χ4v) is 3.11. The molecule has 19 heavy (non-hydrogen) atoms. The summed E-state index contributed by atoms with van der Waals surface area (Å²) in [5, 5.41) is 5.40. The van der Waals surface area contributed by atoms with Crippen molar-refractivity contribution in [2.45, 2.75) is 59.0 Å². The fraction of sp³-hybridized carbons (Fsp3) is 0.786. The van der Waals surface area contributed by atoms with Crippen molar-refractivity contribution in [3.05, 3.63) is 16.4 Å². The Bertz CT molecular complexity index is 425. The highest BCUT2D eigenvalue weighted by Gasteiger charge is 2.33. The number of hydrazine groups is 1. The van der Waals surface area contributed by atoms with Crippen molar-refractivity contribution in [3.8, 4) is 0 Å². The van der Waals surface area contributed by atoms with E-state index >= 15 is 0 Å². The Labute approximate surface area is 120 Å². The van der Waals surface area contributed by atoms with Crippen LogP contribution in [0.5, 0.6) is 0 Å². The first kappa shape index (κ1) is 14.8. The summed E-state index contributed by atoms with van der Waals surface area (Å²) in [5.41, 5.74) is 5.09. The SMILES string of the molecule is CCc1nn(CC)c(CC(NN)C(C)C2CC2)c1Cl. The van der Waals surface area contributed by atoms with Gasteiger partial charge in [-0.2, -0.15) is 5.10 Å². The molecule has 108 valence electrons. The van der Waals surface area contributed by atoms with E-state index in [1.165, 1.54) is 12.8 Å². The quantitative estimate of drug-likeness (QED) is 0.598. The van der Waals surface area contributed by atoms with Crippen molar-refractivity contribution in [2.75, 3.05) is 0 Å². The molecule has 5 heteroatoms. The van der Waals surface area contributed by atoms with Crippen LogP contribution in [-0.2, 0) is 19.4 Å². The summed E-state index contributed by atoms with van der Waals surface area (Å²) in [6.45, 7) is 7.32. The second-order valence-electron chi connectivity index (χ2n) is 5.55. The van der Waals surface area contributed by atoms with Gasteiger partial charge < -0.3 is 0 Å². The number of aromatic nitrogens is 2. The Kier molecular flexibility index (Phi) is 4.87. The van der Waals surface area contributed by atoms with Gasteiger partial charge in [0.25, 0.3) is 0 Å². The van der Waals surface area contributed by atoms with Crippen molar-refractivity contribution >= 4 is 11.6 Å². The van der Waals surface area contributed by atoms with Crippen LogP contribution in [0.1, 0.15) is 45.0 Å². The molecule has 3 N–H and O–H groups in total. The van der Waals surface area contributed by atoms with Crippen LogP contribution in [0.4, 0.5) is 0 Å². The summed E-state index contributed by atoms with van der Waals surface area (Å²) < 4.78 is 2.02. The zero-order chi connectivity index (χ0) is 14.0. The Balaban J connectivity index is 2.17. The highest BCUT2D eigenvalue weighted by molar-refractivity contribution is 6.31. The molecule has 0 radical (unpaired) electrons. The van der Waals surface area contributed by atoms with Crippen LogP contribution in [-0.4, -0.2) is 15.8 Å². The number of halogens is 1. The summed E-state index contributed by atoms with van der Waals surface area (Å²) in [6.07, 6.45) is 4.40. The highest BCUT2D eigenvalue weighted by atomic mass is 35.5. The van der Waals surface area contributed by atoms with Crippen molar-refractivity contribution in [2.24, 2.45) is 17.7 Å². The number of aryl methyl sites for hydroxylation is 2. The van der Waals surface area contributed by atoms with Crippen LogP contribution < -0.4 is 11.3 Å². The van der Waals surface area contributed by atoms with Gasteiger partial charge >= 0.3 is 0 Å². The van der Waals surface area contributed by atoms with Gasteiger partial charge in [0.1, 0.15) is 0 Å². The van der Waals surface area contributed by atoms with Crippen LogP contribution in [0.15, 0.2) is 0 Å². The number of hydrogen-bond donors (Lipinski definition) is 2. The highest BCUT2D eigenvalue weighted by Crippen LogP contribution is 2.39. The summed E-state index contributed by atoms with van der Waals surface area (Å²) in [5.74, 6) is 7.16. The van der Waals surface area contributed by atoms with E-state index in [0.717, 1.165) is 41.7 Å². The molecule has 2 unspecified atom stereocenters. The van der Waals surface area contributed by atoms with E-state index in [9.17, 15) is 0 Å². The average molecular weight is 285 g/mol. The van der Waals surface area contributed by atoms with Gasteiger partial charge in [-0.25, -0.2) is 0 Å². The lowest BCUT2D eigenvalue weighted by atomic mass is 9.93.